The molecular weight excluding hydrogens is 313 g/mol. The molecule has 0 aliphatic carbocycles. The molecule has 0 unspecified atom stereocenters. The Morgan fingerprint density at radius 3 is 2.43 bits per heavy atom. The topological polar surface area (TPSA) is 67.1 Å². The maximum absolute atomic E-state index is 13.4. The van der Waals surface area contributed by atoms with Crippen LogP contribution in [0.3, 0.4) is 0 Å². The number of thiocarbonyl (C=S) groups is 1. The molecule has 0 aliphatic heterocycles. The largest absolute Gasteiger partial charge is 0.389 e. The van der Waals surface area contributed by atoms with Crippen LogP contribution in [0.1, 0.15) is 5.56 Å². The molecule has 4 nitrogen and oxygen atoms in total. The summed E-state index contributed by atoms with van der Waals surface area (Å²) in [6, 6.07) is 10.2. The molecule has 2 aromatic carbocycles. The van der Waals surface area contributed by atoms with E-state index in [4.69, 9.17) is 29.6 Å². The Morgan fingerprint density at radius 2 is 1.81 bits per heavy atom. The summed E-state index contributed by atoms with van der Waals surface area (Å²) < 4.78 is 13.4. The van der Waals surface area contributed by atoms with Crippen molar-refractivity contribution < 1.29 is 9.18 Å². The number of anilines is 2. The van der Waals surface area contributed by atoms with E-state index in [9.17, 15) is 9.18 Å². The van der Waals surface area contributed by atoms with Crippen LogP contribution in [0.25, 0.3) is 0 Å². The van der Waals surface area contributed by atoms with E-state index in [1.54, 1.807) is 24.3 Å². The molecule has 21 heavy (non-hydrogen) atoms. The van der Waals surface area contributed by atoms with Gasteiger partial charge in [-0.05, 0) is 36.4 Å². The second kappa shape index (κ2) is 6.51. The molecule has 7 heteroatoms. The molecule has 108 valence electrons. The van der Waals surface area contributed by atoms with E-state index >= 15 is 0 Å². The molecule has 2 amide bonds. The minimum atomic E-state index is -0.539. The van der Waals surface area contributed by atoms with Crippen molar-refractivity contribution in [2.45, 2.75) is 0 Å². The Hall–Kier alpha value is -2.18. The lowest BCUT2D eigenvalue weighted by Crippen LogP contribution is -2.20. The number of halogens is 2. The second-order valence-corrected chi connectivity index (χ2v) is 5.02. The first-order chi connectivity index (χ1) is 9.95. The first kappa shape index (κ1) is 15.2. The van der Waals surface area contributed by atoms with Crippen LogP contribution in [-0.4, -0.2) is 11.0 Å². The zero-order chi connectivity index (χ0) is 15.4. The Bertz CT molecular complexity index is 708. The van der Waals surface area contributed by atoms with Crippen LogP contribution >= 0.6 is 23.8 Å². The Morgan fingerprint density at radius 1 is 1.14 bits per heavy atom. The number of hydrogen-bond acceptors (Lipinski definition) is 2. The summed E-state index contributed by atoms with van der Waals surface area (Å²) in [5, 5.41) is 5.66. The van der Waals surface area contributed by atoms with Gasteiger partial charge < -0.3 is 16.4 Å². The first-order valence-electron chi connectivity index (χ1n) is 5.88. The highest BCUT2D eigenvalue weighted by Gasteiger charge is 2.08. The number of nitrogens with one attached hydrogen (secondary N) is 2. The molecule has 0 spiro atoms. The van der Waals surface area contributed by atoms with Crippen LogP contribution in [0.4, 0.5) is 20.6 Å². The quantitative estimate of drug-likeness (QED) is 0.753. The predicted molar refractivity (Wildman–Crippen MR) is 86.4 cm³/mol. The fourth-order valence-corrected chi connectivity index (χ4v) is 2.00. The van der Waals surface area contributed by atoms with Gasteiger partial charge in [0.1, 0.15) is 10.8 Å². The van der Waals surface area contributed by atoms with Gasteiger partial charge in [0.25, 0.3) is 0 Å². The molecule has 2 aromatic rings. The minimum Gasteiger partial charge on any atom is -0.389 e. The molecule has 0 aliphatic rings. The number of carbonyl (C=O) groups excluding carboxylic acids is 1. The second-order valence-electron chi connectivity index (χ2n) is 4.15. The molecule has 0 fully saturated rings. The summed E-state index contributed by atoms with van der Waals surface area (Å²) in [5.41, 5.74) is 6.39. The number of nitrogens with two attached hydrogens (primary N) is 1. The van der Waals surface area contributed by atoms with Crippen LogP contribution < -0.4 is 16.4 Å². The minimum absolute atomic E-state index is 0.0746. The smallest absolute Gasteiger partial charge is 0.323 e. The standard InChI is InChI=1S/C14H11ClFN3OS/c15-8-2-1-3-9(6-8)18-14(20)19-10-4-5-12(16)11(7-10)13(17)21/h1-7H,(H2,17,21)(H2,18,19,20). The highest BCUT2D eigenvalue weighted by molar-refractivity contribution is 7.80. The molecule has 0 bridgehead atoms. The van der Waals surface area contributed by atoms with Gasteiger partial charge in [0.15, 0.2) is 0 Å². The van der Waals surface area contributed by atoms with Crippen molar-refractivity contribution in [1.82, 2.24) is 0 Å². The molecular formula is C14H11ClFN3OS. The lowest BCUT2D eigenvalue weighted by Gasteiger charge is -2.09. The van der Waals surface area contributed by atoms with E-state index in [0.29, 0.717) is 16.4 Å². The van der Waals surface area contributed by atoms with Crippen LogP contribution in [0.15, 0.2) is 42.5 Å². The summed E-state index contributed by atoms with van der Waals surface area (Å²) in [6.45, 7) is 0. The number of amides is 2. The van der Waals surface area contributed by atoms with Crippen molar-refractivity contribution in [3.05, 3.63) is 58.9 Å². The molecule has 2 rings (SSSR count). The summed E-state index contributed by atoms with van der Waals surface area (Å²) >= 11 is 10.6. The molecule has 4 N–H and O–H groups in total. The fraction of sp³-hybridized carbons (Fsp3) is 0. The number of benzene rings is 2. The number of hydrogen-bond donors (Lipinski definition) is 3. The van der Waals surface area contributed by atoms with Crippen LogP contribution in [0.2, 0.25) is 5.02 Å². The van der Waals surface area contributed by atoms with Crippen molar-refractivity contribution in [1.29, 1.82) is 0 Å². The lowest BCUT2D eigenvalue weighted by atomic mass is 10.2. The van der Waals surface area contributed by atoms with Gasteiger partial charge in [0.05, 0.1) is 0 Å². The monoisotopic (exact) mass is 323 g/mol. The van der Waals surface area contributed by atoms with E-state index < -0.39 is 11.8 Å². The Balaban J connectivity index is 2.09. The molecule has 0 aromatic heterocycles. The van der Waals surface area contributed by atoms with Gasteiger partial charge in [0.2, 0.25) is 0 Å². The summed E-state index contributed by atoms with van der Waals surface area (Å²) in [6.07, 6.45) is 0. The zero-order valence-electron chi connectivity index (χ0n) is 10.7. The third-order valence-corrected chi connectivity index (χ3v) is 3.03. The van der Waals surface area contributed by atoms with Gasteiger partial charge in [-0.3, -0.25) is 0 Å². The van der Waals surface area contributed by atoms with Gasteiger partial charge in [0, 0.05) is 22.0 Å². The molecule has 0 heterocycles. The summed E-state index contributed by atoms with van der Waals surface area (Å²) in [5.74, 6) is -0.539. The van der Waals surface area contributed by atoms with E-state index in [0.717, 1.165) is 0 Å². The van der Waals surface area contributed by atoms with Crippen molar-refractivity contribution >= 4 is 46.2 Å². The maximum atomic E-state index is 13.4. The van der Waals surface area contributed by atoms with Gasteiger partial charge in [-0.1, -0.05) is 29.9 Å². The van der Waals surface area contributed by atoms with E-state index in [1.807, 2.05) is 0 Å². The molecule has 0 atom stereocenters. The highest BCUT2D eigenvalue weighted by atomic mass is 35.5. The van der Waals surface area contributed by atoms with Crippen LogP contribution in [-0.2, 0) is 0 Å². The molecule has 0 saturated heterocycles. The number of carbonyl (C=O) groups is 1. The van der Waals surface area contributed by atoms with E-state index in [1.165, 1.54) is 18.2 Å². The third kappa shape index (κ3) is 4.14. The first-order valence-corrected chi connectivity index (χ1v) is 6.67. The highest BCUT2D eigenvalue weighted by Crippen LogP contribution is 2.17. The maximum Gasteiger partial charge on any atom is 0.323 e. The average Bonchev–Trinajstić information content (AvgIpc) is 2.40. The van der Waals surface area contributed by atoms with Crippen molar-refractivity contribution in [2.75, 3.05) is 10.6 Å². The third-order valence-electron chi connectivity index (χ3n) is 2.57. The lowest BCUT2D eigenvalue weighted by molar-refractivity contribution is 0.262. The summed E-state index contributed by atoms with van der Waals surface area (Å²) in [4.78, 5) is 11.8. The van der Waals surface area contributed by atoms with E-state index in [-0.39, 0.29) is 10.6 Å². The molecule has 0 radical (unpaired) electrons. The molecule has 0 saturated carbocycles. The SMILES string of the molecule is NC(=S)c1cc(NC(=O)Nc2cccc(Cl)c2)ccc1F. The Labute approximate surface area is 131 Å². The van der Waals surface area contributed by atoms with Crippen LogP contribution in [0, 0.1) is 5.82 Å². The Kier molecular flexibility index (Phi) is 4.72. The van der Waals surface area contributed by atoms with E-state index in [2.05, 4.69) is 10.6 Å². The van der Waals surface area contributed by atoms with Crippen LogP contribution in [0.5, 0.6) is 0 Å². The average molecular weight is 324 g/mol. The van der Waals surface area contributed by atoms with Crippen molar-refractivity contribution in [2.24, 2.45) is 5.73 Å². The van der Waals surface area contributed by atoms with Gasteiger partial charge in [-0.25, -0.2) is 9.18 Å². The number of urea groups is 1. The zero-order valence-corrected chi connectivity index (χ0v) is 12.3. The predicted octanol–water partition coefficient (Wildman–Crippen LogP) is 3.76. The van der Waals surface area contributed by atoms with Crippen molar-refractivity contribution in [3.63, 3.8) is 0 Å². The van der Waals surface area contributed by atoms with Gasteiger partial charge >= 0.3 is 6.03 Å². The van der Waals surface area contributed by atoms with Gasteiger partial charge in [-0.15, -0.1) is 0 Å². The number of rotatable bonds is 3. The normalized spacial score (nSPS) is 10.0. The fourth-order valence-electron chi connectivity index (χ4n) is 1.65. The van der Waals surface area contributed by atoms with Crippen molar-refractivity contribution in [3.8, 4) is 0 Å². The summed E-state index contributed by atoms with van der Waals surface area (Å²) in [7, 11) is 0. The van der Waals surface area contributed by atoms with Gasteiger partial charge in [-0.2, -0.15) is 0 Å².